The van der Waals surface area contributed by atoms with E-state index in [1.807, 2.05) is 12.1 Å². The predicted octanol–water partition coefficient (Wildman–Crippen LogP) is 0.702. The third-order valence-corrected chi connectivity index (χ3v) is 3.19. The van der Waals surface area contributed by atoms with Crippen molar-refractivity contribution in [3.8, 4) is 0 Å². The Labute approximate surface area is 108 Å². The first kappa shape index (κ1) is 12.5. The van der Waals surface area contributed by atoms with E-state index in [1.54, 1.807) is 6.20 Å². The van der Waals surface area contributed by atoms with Gasteiger partial charge in [0.15, 0.2) is 0 Å². The van der Waals surface area contributed by atoms with Crippen LogP contribution in [0.5, 0.6) is 0 Å². The van der Waals surface area contributed by atoms with Crippen molar-refractivity contribution in [3.63, 3.8) is 0 Å². The smallest absolute Gasteiger partial charge is 0.322 e. The normalized spacial score (nSPS) is 21.4. The minimum Gasteiger partial charge on any atom is -0.480 e. The van der Waals surface area contributed by atoms with Crippen LogP contribution < -0.4 is 5.32 Å². The van der Waals surface area contributed by atoms with Gasteiger partial charge >= 0.3 is 5.97 Å². The zero-order valence-corrected chi connectivity index (χ0v) is 10.9. The molecule has 1 aliphatic heterocycles. The second kappa shape index (κ2) is 5.57. The second-order valence-corrected chi connectivity index (χ2v) is 4.88. The number of carboxylic acid groups (broad SMARTS) is 1. The highest BCUT2D eigenvalue weighted by molar-refractivity contribution is 9.10. The van der Waals surface area contributed by atoms with Crippen LogP contribution in [-0.2, 0) is 11.3 Å². The van der Waals surface area contributed by atoms with E-state index in [0.717, 1.165) is 23.3 Å². The third kappa shape index (κ3) is 3.49. The van der Waals surface area contributed by atoms with E-state index in [-0.39, 0.29) is 0 Å². The summed E-state index contributed by atoms with van der Waals surface area (Å²) in [5, 5.41) is 11.9. The van der Waals surface area contributed by atoms with Crippen molar-refractivity contribution in [1.29, 1.82) is 0 Å². The van der Waals surface area contributed by atoms with E-state index < -0.39 is 12.0 Å². The van der Waals surface area contributed by atoms with Crippen molar-refractivity contribution in [1.82, 2.24) is 15.2 Å². The van der Waals surface area contributed by atoms with Gasteiger partial charge in [0.1, 0.15) is 10.6 Å². The quantitative estimate of drug-likeness (QED) is 0.805. The standard InChI is InChI=1S/C11H14BrN3O2/c12-10-5-8(1-2-14-10)6-15-4-3-13-9(7-15)11(16)17/h1-2,5,9,13H,3-4,6-7H2,(H,16,17)/t9-/m1/s1. The fraction of sp³-hybridized carbons (Fsp3) is 0.455. The molecule has 92 valence electrons. The second-order valence-electron chi connectivity index (χ2n) is 4.07. The Kier molecular flexibility index (Phi) is 4.09. The van der Waals surface area contributed by atoms with Crippen LogP contribution in [0.1, 0.15) is 5.56 Å². The molecule has 1 fully saturated rings. The molecule has 0 bridgehead atoms. The number of halogens is 1. The van der Waals surface area contributed by atoms with Crippen LogP contribution in [0.2, 0.25) is 0 Å². The highest BCUT2D eigenvalue weighted by Crippen LogP contribution is 2.11. The maximum absolute atomic E-state index is 10.9. The van der Waals surface area contributed by atoms with E-state index in [2.05, 4.69) is 31.1 Å². The van der Waals surface area contributed by atoms with Crippen LogP contribution in [0.25, 0.3) is 0 Å². The molecular weight excluding hydrogens is 286 g/mol. The molecule has 1 atom stereocenters. The molecule has 0 saturated carbocycles. The molecule has 1 aromatic heterocycles. The number of pyridine rings is 1. The van der Waals surface area contributed by atoms with Crippen molar-refractivity contribution < 1.29 is 9.90 Å². The van der Waals surface area contributed by atoms with Crippen molar-refractivity contribution >= 4 is 21.9 Å². The van der Waals surface area contributed by atoms with Gasteiger partial charge in [-0.1, -0.05) is 0 Å². The lowest BCUT2D eigenvalue weighted by Crippen LogP contribution is -2.53. The van der Waals surface area contributed by atoms with Gasteiger partial charge in [-0.25, -0.2) is 4.98 Å². The first-order chi connectivity index (χ1) is 8.15. The van der Waals surface area contributed by atoms with Gasteiger partial charge in [-0.15, -0.1) is 0 Å². The highest BCUT2D eigenvalue weighted by Gasteiger charge is 2.24. The van der Waals surface area contributed by atoms with Crippen LogP contribution in [-0.4, -0.2) is 46.6 Å². The number of rotatable bonds is 3. The number of nitrogens with one attached hydrogen (secondary N) is 1. The molecule has 2 heterocycles. The SMILES string of the molecule is O=C(O)[C@H]1CN(Cc2ccnc(Br)c2)CCN1. The summed E-state index contributed by atoms with van der Waals surface area (Å²) >= 11 is 3.33. The molecule has 0 radical (unpaired) electrons. The Bertz CT molecular complexity index is 413. The van der Waals surface area contributed by atoms with Crippen molar-refractivity contribution in [2.24, 2.45) is 0 Å². The summed E-state index contributed by atoms with van der Waals surface area (Å²) < 4.78 is 0.805. The number of hydrogen-bond donors (Lipinski definition) is 2. The van der Waals surface area contributed by atoms with Crippen LogP contribution >= 0.6 is 15.9 Å². The van der Waals surface area contributed by atoms with Gasteiger partial charge in [0.05, 0.1) is 0 Å². The molecule has 0 unspecified atom stereocenters. The fourth-order valence-corrected chi connectivity index (χ4v) is 2.33. The number of carbonyl (C=O) groups is 1. The van der Waals surface area contributed by atoms with Gasteiger partial charge < -0.3 is 10.4 Å². The monoisotopic (exact) mass is 299 g/mol. The number of carboxylic acids is 1. The third-order valence-electron chi connectivity index (χ3n) is 2.75. The lowest BCUT2D eigenvalue weighted by Gasteiger charge is -2.31. The molecule has 5 nitrogen and oxygen atoms in total. The average molecular weight is 300 g/mol. The van der Waals surface area contributed by atoms with E-state index in [4.69, 9.17) is 5.11 Å². The van der Waals surface area contributed by atoms with Gasteiger partial charge in [-0.2, -0.15) is 0 Å². The number of aromatic nitrogens is 1. The molecule has 2 N–H and O–H groups in total. The molecule has 0 aromatic carbocycles. The van der Waals surface area contributed by atoms with Crippen LogP contribution in [0.3, 0.4) is 0 Å². The summed E-state index contributed by atoms with van der Waals surface area (Å²) in [6.45, 7) is 2.87. The summed E-state index contributed by atoms with van der Waals surface area (Å²) in [4.78, 5) is 17.1. The number of hydrogen-bond acceptors (Lipinski definition) is 4. The summed E-state index contributed by atoms with van der Waals surface area (Å²) in [5.41, 5.74) is 1.14. The molecule has 6 heteroatoms. The number of nitrogens with zero attached hydrogens (tertiary/aromatic N) is 2. The van der Waals surface area contributed by atoms with Gasteiger partial charge in [0, 0.05) is 32.4 Å². The van der Waals surface area contributed by atoms with Gasteiger partial charge in [0.25, 0.3) is 0 Å². The van der Waals surface area contributed by atoms with E-state index in [9.17, 15) is 4.79 Å². The first-order valence-corrected chi connectivity index (χ1v) is 6.23. The van der Waals surface area contributed by atoms with Gasteiger partial charge in [0.2, 0.25) is 0 Å². The molecule has 1 aliphatic rings. The number of aliphatic carboxylic acids is 1. The van der Waals surface area contributed by atoms with E-state index >= 15 is 0 Å². The van der Waals surface area contributed by atoms with Crippen LogP contribution in [0, 0.1) is 0 Å². The summed E-state index contributed by atoms with van der Waals surface area (Å²) in [6, 6.07) is 3.44. The van der Waals surface area contributed by atoms with E-state index in [1.165, 1.54) is 0 Å². The molecular formula is C11H14BrN3O2. The maximum Gasteiger partial charge on any atom is 0.322 e. The minimum atomic E-state index is -0.786. The van der Waals surface area contributed by atoms with Gasteiger partial charge in [-0.3, -0.25) is 9.69 Å². The summed E-state index contributed by atoms with van der Waals surface area (Å²) in [7, 11) is 0. The molecule has 1 saturated heterocycles. The Morgan fingerprint density at radius 1 is 1.71 bits per heavy atom. The topological polar surface area (TPSA) is 65.5 Å². The summed E-state index contributed by atoms with van der Waals surface area (Å²) in [5.74, 6) is -0.786. The van der Waals surface area contributed by atoms with Crippen LogP contribution in [0.4, 0.5) is 0 Å². The predicted molar refractivity (Wildman–Crippen MR) is 66.6 cm³/mol. The zero-order valence-electron chi connectivity index (χ0n) is 9.27. The maximum atomic E-state index is 10.9. The van der Waals surface area contributed by atoms with Gasteiger partial charge in [-0.05, 0) is 33.6 Å². The molecule has 1 aromatic rings. The Balaban J connectivity index is 1.97. The summed E-state index contributed by atoms with van der Waals surface area (Å²) in [6.07, 6.45) is 1.75. The Morgan fingerprint density at radius 2 is 2.53 bits per heavy atom. The van der Waals surface area contributed by atoms with Crippen LogP contribution in [0.15, 0.2) is 22.9 Å². The molecule has 0 aliphatic carbocycles. The lowest BCUT2D eigenvalue weighted by molar-refractivity contribution is -0.140. The largest absolute Gasteiger partial charge is 0.480 e. The average Bonchev–Trinajstić information content (AvgIpc) is 2.29. The highest BCUT2D eigenvalue weighted by atomic mass is 79.9. The molecule has 0 spiro atoms. The molecule has 0 amide bonds. The molecule has 17 heavy (non-hydrogen) atoms. The van der Waals surface area contributed by atoms with Crippen molar-refractivity contribution in [2.75, 3.05) is 19.6 Å². The lowest BCUT2D eigenvalue weighted by atomic mass is 10.2. The zero-order chi connectivity index (χ0) is 12.3. The number of piperazine rings is 1. The minimum absolute atomic E-state index is 0.464. The fourth-order valence-electron chi connectivity index (χ4n) is 1.92. The van der Waals surface area contributed by atoms with Crippen molar-refractivity contribution in [3.05, 3.63) is 28.5 Å². The van der Waals surface area contributed by atoms with Crippen molar-refractivity contribution in [2.45, 2.75) is 12.6 Å². The Morgan fingerprint density at radius 3 is 3.24 bits per heavy atom. The first-order valence-electron chi connectivity index (χ1n) is 5.44. The molecule has 2 rings (SSSR count). The van der Waals surface area contributed by atoms with E-state index in [0.29, 0.717) is 13.1 Å². The Hall–Kier alpha value is -0.980.